The average molecular weight is 267 g/mol. The van der Waals surface area contributed by atoms with Crippen LogP contribution in [0.15, 0.2) is 42.5 Å². The zero-order valence-corrected chi connectivity index (χ0v) is 11.7. The number of nitrogens with zero attached hydrogens (tertiary/aromatic N) is 1. The lowest BCUT2D eigenvalue weighted by Gasteiger charge is -2.12. The predicted molar refractivity (Wildman–Crippen MR) is 81.2 cm³/mol. The van der Waals surface area contributed by atoms with Crippen LogP contribution in [-0.2, 0) is 0 Å². The fourth-order valence-corrected chi connectivity index (χ4v) is 2.42. The highest BCUT2D eigenvalue weighted by Crippen LogP contribution is 2.31. The maximum Gasteiger partial charge on any atom is 0.130 e. The second-order valence-corrected chi connectivity index (χ2v) is 4.73. The number of pyridine rings is 1. The molecule has 0 N–H and O–H groups in total. The van der Waals surface area contributed by atoms with E-state index >= 15 is 0 Å². The lowest BCUT2D eigenvalue weighted by molar-refractivity contribution is 0.414. The molecule has 1 aromatic carbocycles. The smallest absolute Gasteiger partial charge is 0.130 e. The predicted octanol–water partition coefficient (Wildman–Crippen LogP) is 3.99. The first-order valence-electron chi connectivity index (χ1n) is 6.71. The van der Waals surface area contributed by atoms with Gasteiger partial charge in [-0.2, -0.15) is 0 Å². The van der Waals surface area contributed by atoms with Crippen molar-refractivity contribution in [3.05, 3.63) is 48.2 Å². The molecule has 0 saturated heterocycles. The Morgan fingerprint density at radius 1 is 1.05 bits per heavy atom. The molecule has 0 aliphatic heterocycles. The first-order valence-corrected chi connectivity index (χ1v) is 6.71. The van der Waals surface area contributed by atoms with E-state index in [2.05, 4.69) is 18.2 Å². The maximum absolute atomic E-state index is 5.50. The normalized spacial score (nSPS) is 14.2. The Morgan fingerprint density at radius 3 is 2.65 bits per heavy atom. The second kappa shape index (κ2) is 5.37. The number of methoxy groups -OCH3 is 2. The fourth-order valence-electron chi connectivity index (χ4n) is 2.42. The molecule has 0 radical (unpaired) electrons. The van der Waals surface area contributed by atoms with Crippen LogP contribution in [0.5, 0.6) is 11.5 Å². The zero-order valence-electron chi connectivity index (χ0n) is 11.7. The third kappa shape index (κ3) is 2.27. The van der Waals surface area contributed by atoms with Gasteiger partial charge in [0.25, 0.3) is 0 Å². The maximum atomic E-state index is 5.50. The molecule has 1 heterocycles. The summed E-state index contributed by atoms with van der Waals surface area (Å²) in [5, 5.41) is 0.998. The second-order valence-electron chi connectivity index (χ2n) is 4.73. The third-order valence-electron chi connectivity index (χ3n) is 3.49. The van der Waals surface area contributed by atoms with E-state index in [0.717, 1.165) is 46.5 Å². The highest BCUT2D eigenvalue weighted by molar-refractivity contribution is 5.89. The van der Waals surface area contributed by atoms with Gasteiger partial charge in [0.15, 0.2) is 0 Å². The van der Waals surface area contributed by atoms with Crippen LogP contribution in [0.3, 0.4) is 0 Å². The van der Waals surface area contributed by atoms with Gasteiger partial charge < -0.3 is 9.47 Å². The van der Waals surface area contributed by atoms with Gasteiger partial charge in [-0.3, -0.25) is 0 Å². The summed E-state index contributed by atoms with van der Waals surface area (Å²) in [5.74, 6) is 1.64. The highest BCUT2D eigenvalue weighted by atomic mass is 16.5. The summed E-state index contributed by atoms with van der Waals surface area (Å²) in [4.78, 5) is 4.74. The van der Waals surface area contributed by atoms with Crippen molar-refractivity contribution in [3.63, 3.8) is 0 Å². The number of allylic oxidation sites excluding steroid dienone is 4. The Labute approximate surface area is 118 Å². The molecule has 1 aliphatic carbocycles. The minimum absolute atomic E-state index is 0.803. The Balaban J connectivity index is 2.18. The molecule has 0 fully saturated rings. The summed E-state index contributed by atoms with van der Waals surface area (Å²) in [7, 11) is 3.35. The fraction of sp³-hybridized carbons (Fsp3) is 0.235. The average Bonchev–Trinajstić information content (AvgIpc) is 2.54. The molecule has 0 saturated carbocycles. The first-order chi connectivity index (χ1) is 9.81. The Bertz CT molecular complexity index is 701. The van der Waals surface area contributed by atoms with Gasteiger partial charge in [-0.05, 0) is 30.5 Å². The number of aromatic nitrogens is 1. The van der Waals surface area contributed by atoms with Crippen LogP contribution in [-0.4, -0.2) is 19.2 Å². The number of hydrogen-bond donors (Lipinski definition) is 0. The standard InChI is InChI=1S/C17H17NO2/c1-19-13-8-9-14-16(10-13)18-15(11-17(14)20-2)12-6-4-3-5-7-12/h4,6-11H,3,5H2,1-2H3. The van der Waals surface area contributed by atoms with Crippen molar-refractivity contribution in [2.75, 3.05) is 14.2 Å². The van der Waals surface area contributed by atoms with Crippen molar-refractivity contribution in [2.24, 2.45) is 0 Å². The molecule has 102 valence electrons. The molecule has 3 heteroatoms. The van der Waals surface area contributed by atoms with Crippen molar-refractivity contribution in [2.45, 2.75) is 12.8 Å². The zero-order chi connectivity index (χ0) is 13.9. The van der Waals surface area contributed by atoms with Crippen LogP contribution in [0.1, 0.15) is 18.5 Å². The Kier molecular flexibility index (Phi) is 3.42. The lowest BCUT2D eigenvalue weighted by Crippen LogP contribution is -1.95. The van der Waals surface area contributed by atoms with Crippen molar-refractivity contribution >= 4 is 16.5 Å². The minimum Gasteiger partial charge on any atom is -0.497 e. The molecule has 1 aromatic heterocycles. The molecule has 1 aliphatic rings. The Hall–Kier alpha value is -2.29. The van der Waals surface area contributed by atoms with Crippen molar-refractivity contribution in [1.29, 1.82) is 0 Å². The van der Waals surface area contributed by atoms with E-state index in [1.165, 1.54) is 0 Å². The van der Waals surface area contributed by atoms with Gasteiger partial charge in [0, 0.05) is 17.5 Å². The minimum atomic E-state index is 0.803. The molecule has 3 rings (SSSR count). The Morgan fingerprint density at radius 2 is 1.95 bits per heavy atom. The molecular weight excluding hydrogens is 250 g/mol. The SMILES string of the molecule is COc1ccc2c(OC)cc(C3=CCCC=C3)nc2c1. The van der Waals surface area contributed by atoms with Crippen LogP contribution in [0.25, 0.3) is 16.5 Å². The molecule has 20 heavy (non-hydrogen) atoms. The molecule has 0 unspecified atom stereocenters. The topological polar surface area (TPSA) is 31.4 Å². The number of benzene rings is 1. The van der Waals surface area contributed by atoms with Crippen LogP contribution < -0.4 is 9.47 Å². The van der Waals surface area contributed by atoms with Crippen LogP contribution in [0.4, 0.5) is 0 Å². The molecule has 0 atom stereocenters. The van der Waals surface area contributed by atoms with Crippen LogP contribution in [0, 0.1) is 0 Å². The summed E-state index contributed by atoms with van der Waals surface area (Å²) < 4.78 is 10.8. The van der Waals surface area contributed by atoms with Gasteiger partial charge in [-0.15, -0.1) is 0 Å². The summed E-state index contributed by atoms with van der Waals surface area (Å²) in [5.41, 5.74) is 2.98. The molecule has 0 spiro atoms. The summed E-state index contributed by atoms with van der Waals surface area (Å²) in [6.07, 6.45) is 8.68. The molecule has 0 bridgehead atoms. The van der Waals surface area contributed by atoms with Gasteiger partial charge in [0.1, 0.15) is 11.5 Å². The van der Waals surface area contributed by atoms with Crippen LogP contribution in [0.2, 0.25) is 0 Å². The largest absolute Gasteiger partial charge is 0.497 e. The van der Waals surface area contributed by atoms with E-state index in [9.17, 15) is 0 Å². The molecular formula is C17H17NO2. The van der Waals surface area contributed by atoms with Gasteiger partial charge in [0.2, 0.25) is 0 Å². The quantitative estimate of drug-likeness (QED) is 0.842. The van der Waals surface area contributed by atoms with Crippen molar-refractivity contribution in [3.8, 4) is 11.5 Å². The monoisotopic (exact) mass is 267 g/mol. The molecule has 3 nitrogen and oxygen atoms in total. The highest BCUT2D eigenvalue weighted by Gasteiger charge is 2.10. The van der Waals surface area contributed by atoms with E-state index < -0.39 is 0 Å². The number of fused-ring (bicyclic) bond motifs is 1. The number of hydrogen-bond acceptors (Lipinski definition) is 3. The number of rotatable bonds is 3. The lowest BCUT2D eigenvalue weighted by atomic mass is 10.0. The molecule has 0 amide bonds. The third-order valence-corrected chi connectivity index (χ3v) is 3.49. The van der Waals surface area contributed by atoms with Gasteiger partial charge in [-0.25, -0.2) is 4.98 Å². The van der Waals surface area contributed by atoms with Crippen LogP contribution >= 0.6 is 0 Å². The van der Waals surface area contributed by atoms with E-state index in [0.29, 0.717) is 0 Å². The van der Waals surface area contributed by atoms with Crippen molar-refractivity contribution < 1.29 is 9.47 Å². The van der Waals surface area contributed by atoms with E-state index in [1.54, 1.807) is 14.2 Å². The number of ether oxygens (including phenoxy) is 2. The first kappa shape index (κ1) is 12.7. The van der Waals surface area contributed by atoms with E-state index in [-0.39, 0.29) is 0 Å². The molecule has 2 aromatic rings. The van der Waals surface area contributed by atoms with E-state index in [1.807, 2.05) is 24.3 Å². The van der Waals surface area contributed by atoms with Gasteiger partial charge in [0.05, 0.1) is 25.4 Å². The van der Waals surface area contributed by atoms with Gasteiger partial charge in [-0.1, -0.05) is 18.2 Å². The van der Waals surface area contributed by atoms with Crippen molar-refractivity contribution in [1.82, 2.24) is 4.98 Å². The summed E-state index contributed by atoms with van der Waals surface area (Å²) in [6, 6.07) is 7.84. The summed E-state index contributed by atoms with van der Waals surface area (Å²) in [6.45, 7) is 0. The van der Waals surface area contributed by atoms with E-state index in [4.69, 9.17) is 14.5 Å². The summed E-state index contributed by atoms with van der Waals surface area (Å²) >= 11 is 0. The van der Waals surface area contributed by atoms with Gasteiger partial charge >= 0.3 is 0 Å².